The number of carbonyl (C=O) groups excluding carboxylic acids is 1. The van der Waals surface area contributed by atoms with Crippen molar-refractivity contribution >= 4 is 11.9 Å². The fraction of sp³-hybridized carbons (Fsp3) is 0.556. The highest BCUT2D eigenvalue weighted by atomic mass is 16.6. The molecule has 1 aromatic rings. The number of hydrogen-bond acceptors (Lipinski definition) is 4. The van der Waals surface area contributed by atoms with Gasteiger partial charge in [0.05, 0.1) is 0 Å². The number of ether oxygens (including phenoxy) is 2. The maximum atomic E-state index is 11.7. The maximum absolute atomic E-state index is 11.7. The van der Waals surface area contributed by atoms with Crippen molar-refractivity contribution in [3.05, 3.63) is 35.4 Å². The first-order valence-corrected chi connectivity index (χ1v) is 7.85. The zero-order valence-electron chi connectivity index (χ0n) is 14.3. The molecule has 1 N–H and O–H groups in total. The third kappa shape index (κ3) is 7.79. The van der Waals surface area contributed by atoms with Crippen molar-refractivity contribution in [1.29, 1.82) is 0 Å². The topological polar surface area (TPSA) is 72.8 Å². The number of esters is 1. The SMILES string of the molecule is CCO[C@@H](Cc1ccc(CCC(=O)OC(C)(C)C)cc1)C(=O)O. The van der Waals surface area contributed by atoms with Gasteiger partial charge >= 0.3 is 11.9 Å². The van der Waals surface area contributed by atoms with E-state index in [0.717, 1.165) is 11.1 Å². The Morgan fingerprint density at radius 2 is 1.70 bits per heavy atom. The van der Waals surface area contributed by atoms with Gasteiger partial charge in [-0.1, -0.05) is 24.3 Å². The van der Waals surface area contributed by atoms with Crippen LogP contribution in [0.3, 0.4) is 0 Å². The summed E-state index contributed by atoms with van der Waals surface area (Å²) < 4.78 is 10.5. The standard InChI is InChI=1S/C18H26O5/c1-5-22-15(17(20)21)12-14-8-6-13(7-9-14)10-11-16(19)23-18(2,3)4/h6-9,15H,5,10-12H2,1-4H3,(H,20,21)/t15-/m0/s1. The van der Waals surface area contributed by atoms with Crippen LogP contribution in [0.15, 0.2) is 24.3 Å². The number of rotatable bonds is 8. The van der Waals surface area contributed by atoms with Gasteiger partial charge in [0, 0.05) is 19.4 Å². The lowest BCUT2D eigenvalue weighted by Gasteiger charge is -2.19. The first-order chi connectivity index (χ1) is 10.7. The number of benzene rings is 1. The molecule has 0 bridgehead atoms. The molecule has 5 heteroatoms. The lowest BCUT2D eigenvalue weighted by Crippen LogP contribution is -2.26. The highest BCUT2D eigenvalue weighted by Gasteiger charge is 2.18. The summed E-state index contributed by atoms with van der Waals surface area (Å²) in [6, 6.07) is 7.56. The van der Waals surface area contributed by atoms with Crippen molar-refractivity contribution in [2.75, 3.05) is 6.61 Å². The van der Waals surface area contributed by atoms with E-state index in [-0.39, 0.29) is 5.97 Å². The van der Waals surface area contributed by atoms with Crippen LogP contribution in [-0.4, -0.2) is 35.4 Å². The molecule has 0 amide bonds. The monoisotopic (exact) mass is 322 g/mol. The van der Waals surface area contributed by atoms with Gasteiger partial charge in [0.15, 0.2) is 6.10 Å². The predicted molar refractivity (Wildman–Crippen MR) is 87.4 cm³/mol. The van der Waals surface area contributed by atoms with Crippen molar-refractivity contribution in [2.45, 2.75) is 58.7 Å². The Balaban J connectivity index is 2.53. The summed E-state index contributed by atoms with van der Waals surface area (Å²) in [6.07, 6.45) is 0.430. The van der Waals surface area contributed by atoms with Crippen LogP contribution in [0.25, 0.3) is 0 Å². The van der Waals surface area contributed by atoms with E-state index in [1.807, 2.05) is 45.0 Å². The van der Waals surface area contributed by atoms with Gasteiger partial charge in [-0.05, 0) is 45.2 Å². The molecule has 0 saturated carbocycles. The van der Waals surface area contributed by atoms with Crippen molar-refractivity contribution in [3.63, 3.8) is 0 Å². The highest BCUT2D eigenvalue weighted by molar-refractivity contribution is 5.72. The largest absolute Gasteiger partial charge is 0.479 e. The van der Waals surface area contributed by atoms with Gasteiger partial charge in [-0.15, -0.1) is 0 Å². The first kappa shape index (κ1) is 19.2. The summed E-state index contributed by atoms with van der Waals surface area (Å²) in [5.41, 5.74) is 1.45. The van der Waals surface area contributed by atoms with Crippen LogP contribution in [0.2, 0.25) is 0 Å². The van der Waals surface area contributed by atoms with Crippen LogP contribution in [0.1, 0.15) is 45.2 Å². The number of aliphatic carboxylic acids is 1. The van der Waals surface area contributed by atoms with E-state index in [4.69, 9.17) is 14.6 Å². The Kier molecular flexibility index (Phi) is 7.23. The second-order valence-electron chi connectivity index (χ2n) is 6.39. The third-order valence-electron chi connectivity index (χ3n) is 3.13. The summed E-state index contributed by atoms with van der Waals surface area (Å²) in [4.78, 5) is 22.8. The average Bonchev–Trinajstić information content (AvgIpc) is 2.44. The summed E-state index contributed by atoms with van der Waals surface area (Å²) in [7, 11) is 0. The Morgan fingerprint density at radius 3 is 2.17 bits per heavy atom. The number of carboxylic acids is 1. The molecule has 1 aromatic carbocycles. The van der Waals surface area contributed by atoms with Crippen molar-refractivity contribution in [1.82, 2.24) is 0 Å². The Hall–Kier alpha value is -1.88. The van der Waals surface area contributed by atoms with E-state index < -0.39 is 17.7 Å². The Bertz CT molecular complexity index is 513. The summed E-state index contributed by atoms with van der Waals surface area (Å²) in [6.45, 7) is 7.67. The number of hydrogen-bond donors (Lipinski definition) is 1. The van der Waals surface area contributed by atoms with Crippen LogP contribution < -0.4 is 0 Å². The van der Waals surface area contributed by atoms with Gasteiger partial charge in [-0.3, -0.25) is 4.79 Å². The highest BCUT2D eigenvalue weighted by Crippen LogP contribution is 2.13. The van der Waals surface area contributed by atoms with Crippen LogP contribution in [0.4, 0.5) is 0 Å². The van der Waals surface area contributed by atoms with Gasteiger partial charge in [-0.25, -0.2) is 4.79 Å². The summed E-state index contributed by atoms with van der Waals surface area (Å²) >= 11 is 0. The minimum absolute atomic E-state index is 0.219. The van der Waals surface area contributed by atoms with E-state index in [9.17, 15) is 9.59 Å². The lowest BCUT2D eigenvalue weighted by molar-refractivity contribution is -0.154. The molecule has 0 unspecified atom stereocenters. The molecule has 0 saturated heterocycles. The molecule has 0 aliphatic rings. The minimum Gasteiger partial charge on any atom is -0.479 e. The molecule has 1 rings (SSSR count). The maximum Gasteiger partial charge on any atom is 0.333 e. The third-order valence-corrected chi connectivity index (χ3v) is 3.13. The molecule has 23 heavy (non-hydrogen) atoms. The molecule has 0 heterocycles. The fourth-order valence-corrected chi connectivity index (χ4v) is 2.11. The summed E-state index contributed by atoms with van der Waals surface area (Å²) in [5, 5.41) is 9.08. The normalized spacial score (nSPS) is 12.7. The zero-order valence-corrected chi connectivity index (χ0v) is 14.3. The molecule has 0 radical (unpaired) electrons. The molecule has 0 aliphatic heterocycles. The average molecular weight is 322 g/mol. The number of carboxylic acid groups (broad SMARTS) is 1. The first-order valence-electron chi connectivity index (χ1n) is 7.85. The Morgan fingerprint density at radius 1 is 1.13 bits per heavy atom. The molecule has 5 nitrogen and oxygen atoms in total. The fourth-order valence-electron chi connectivity index (χ4n) is 2.11. The van der Waals surface area contributed by atoms with E-state index in [1.54, 1.807) is 6.92 Å². The van der Waals surface area contributed by atoms with E-state index in [1.165, 1.54) is 0 Å². The second-order valence-corrected chi connectivity index (χ2v) is 6.39. The van der Waals surface area contributed by atoms with Gasteiger partial charge in [0.2, 0.25) is 0 Å². The summed E-state index contributed by atoms with van der Waals surface area (Å²) in [5.74, 6) is -1.18. The molecular weight excluding hydrogens is 296 g/mol. The van der Waals surface area contributed by atoms with Crippen LogP contribution in [-0.2, 0) is 31.9 Å². The van der Waals surface area contributed by atoms with Crippen molar-refractivity contribution in [2.24, 2.45) is 0 Å². The molecular formula is C18H26O5. The van der Waals surface area contributed by atoms with E-state index in [2.05, 4.69) is 0 Å². The van der Waals surface area contributed by atoms with Gasteiger partial charge < -0.3 is 14.6 Å². The smallest absolute Gasteiger partial charge is 0.333 e. The van der Waals surface area contributed by atoms with Crippen LogP contribution in [0.5, 0.6) is 0 Å². The second kappa shape index (κ2) is 8.67. The van der Waals surface area contributed by atoms with Crippen LogP contribution >= 0.6 is 0 Å². The molecule has 128 valence electrons. The number of carbonyl (C=O) groups is 2. The van der Waals surface area contributed by atoms with E-state index >= 15 is 0 Å². The lowest BCUT2D eigenvalue weighted by atomic mass is 10.0. The Labute approximate surface area is 137 Å². The minimum atomic E-state index is -0.958. The molecule has 0 spiro atoms. The van der Waals surface area contributed by atoms with Crippen LogP contribution in [0, 0.1) is 0 Å². The van der Waals surface area contributed by atoms with Gasteiger partial charge in [0.25, 0.3) is 0 Å². The molecule has 0 aliphatic carbocycles. The van der Waals surface area contributed by atoms with Gasteiger partial charge in [-0.2, -0.15) is 0 Å². The van der Waals surface area contributed by atoms with Gasteiger partial charge in [0.1, 0.15) is 5.60 Å². The molecule has 0 fully saturated rings. The van der Waals surface area contributed by atoms with Crippen molar-refractivity contribution in [3.8, 4) is 0 Å². The molecule has 1 atom stereocenters. The zero-order chi connectivity index (χ0) is 17.5. The quantitative estimate of drug-likeness (QED) is 0.745. The predicted octanol–water partition coefficient (Wildman–Crippen LogP) is 2.99. The van der Waals surface area contributed by atoms with Crippen molar-refractivity contribution < 1.29 is 24.2 Å². The number of aryl methyl sites for hydroxylation is 1. The van der Waals surface area contributed by atoms with E-state index in [0.29, 0.717) is 25.9 Å². The molecule has 0 aromatic heterocycles.